The van der Waals surface area contributed by atoms with Crippen LogP contribution < -0.4 is 5.32 Å². The highest BCUT2D eigenvalue weighted by atomic mass is 35.5. The van der Waals surface area contributed by atoms with E-state index in [1.54, 1.807) is 4.90 Å². The van der Waals surface area contributed by atoms with Crippen LogP contribution in [0.15, 0.2) is 18.2 Å². The van der Waals surface area contributed by atoms with Crippen molar-refractivity contribution in [1.82, 2.24) is 10.2 Å². The minimum atomic E-state index is -0.0852. The summed E-state index contributed by atoms with van der Waals surface area (Å²) in [6.45, 7) is 3.26. The number of hydrogen-bond donors (Lipinski definition) is 1. The van der Waals surface area contributed by atoms with Gasteiger partial charge in [0.05, 0.1) is 6.54 Å². The Morgan fingerprint density at radius 1 is 1.47 bits per heavy atom. The zero-order chi connectivity index (χ0) is 13.8. The van der Waals surface area contributed by atoms with Gasteiger partial charge >= 0.3 is 0 Å². The molecule has 1 saturated heterocycles. The van der Waals surface area contributed by atoms with E-state index in [1.807, 2.05) is 25.1 Å². The molecule has 0 aliphatic carbocycles. The molecule has 5 heteroatoms. The van der Waals surface area contributed by atoms with E-state index in [1.165, 1.54) is 0 Å². The fraction of sp³-hybridized carbons (Fsp3) is 0.429. The van der Waals surface area contributed by atoms with Gasteiger partial charge in [-0.1, -0.05) is 23.7 Å². The van der Waals surface area contributed by atoms with Gasteiger partial charge in [0, 0.05) is 24.5 Å². The highest BCUT2D eigenvalue weighted by Gasteiger charge is 2.20. The summed E-state index contributed by atoms with van der Waals surface area (Å²) in [5.41, 5.74) is 2.08. The maximum absolute atomic E-state index is 12.0. The maximum atomic E-state index is 12.0. The number of rotatable bonds is 3. The monoisotopic (exact) mass is 280 g/mol. The molecule has 1 aromatic carbocycles. The SMILES string of the molecule is Cc1ccc(CCC(=O)N2CCNC(=O)C2)cc1Cl. The number of halogens is 1. The maximum Gasteiger partial charge on any atom is 0.239 e. The molecule has 2 rings (SSSR count). The summed E-state index contributed by atoms with van der Waals surface area (Å²) in [6, 6.07) is 5.83. The van der Waals surface area contributed by atoms with E-state index < -0.39 is 0 Å². The van der Waals surface area contributed by atoms with Crippen LogP contribution in [0.3, 0.4) is 0 Å². The van der Waals surface area contributed by atoms with Crippen LogP contribution in [0, 0.1) is 6.92 Å². The van der Waals surface area contributed by atoms with Crippen LogP contribution in [0.5, 0.6) is 0 Å². The fourth-order valence-corrected chi connectivity index (χ4v) is 2.26. The number of carbonyl (C=O) groups excluding carboxylic acids is 2. The predicted molar refractivity (Wildman–Crippen MR) is 74.1 cm³/mol. The zero-order valence-electron chi connectivity index (χ0n) is 10.9. The molecule has 1 aliphatic rings. The molecule has 1 aromatic rings. The lowest BCUT2D eigenvalue weighted by atomic mass is 10.1. The molecule has 0 unspecified atom stereocenters. The van der Waals surface area contributed by atoms with Crippen LogP contribution in [0.4, 0.5) is 0 Å². The smallest absolute Gasteiger partial charge is 0.239 e. The summed E-state index contributed by atoms with van der Waals surface area (Å²) < 4.78 is 0. The van der Waals surface area contributed by atoms with Gasteiger partial charge in [-0.2, -0.15) is 0 Å². The van der Waals surface area contributed by atoms with Gasteiger partial charge in [-0.05, 0) is 30.5 Å². The normalized spacial score (nSPS) is 15.3. The van der Waals surface area contributed by atoms with Crippen LogP contribution in [-0.4, -0.2) is 36.3 Å². The first kappa shape index (κ1) is 13.9. The van der Waals surface area contributed by atoms with Crippen molar-refractivity contribution in [3.63, 3.8) is 0 Å². The van der Waals surface area contributed by atoms with Gasteiger partial charge < -0.3 is 10.2 Å². The Hall–Kier alpha value is -1.55. The van der Waals surface area contributed by atoms with Crippen molar-refractivity contribution in [1.29, 1.82) is 0 Å². The van der Waals surface area contributed by atoms with Gasteiger partial charge in [0.25, 0.3) is 0 Å². The van der Waals surface area contributed by atoms with E-state index in [-0.39, 0.29) is 18.4 Å². The zero-order valence-corrected chi connectivity index (χ0v) is 11.7. The molecular formula is C14H17ClN2O2. The van der Waals surface area contributed by atoms with Crippen molar-refractivity contribution in [2.24, 2.45) is 0 Å². The number of hydrogen-bond acceptors (Lipinski definition) is 2. The van der Waals surface area contributed by atoms with E-state index in [0.717, 1.165) is 16.1 Å². The molecule has 1 heterocycles. The predicted octanol–water partition coefficient (Wildman–Crippen LogP) is 1.54. The molecule has 2 amide bonds. The van der Waals surface area contributed by atoms with Crippen molar-refractivity contribution < 1.29 is 9.59 Å². The Bertz CT molecular complexity index is 502. The summed E-state index contributed by atoms with van der Waals surface area (Å²) in [5, 5.41) is 3.43. The molecule has 19 heavy (non-hydrogen) atoms. The number of benzene rings is 1. The van der Waals surface area contributed by atoms with Crippen molar-refractivity contribution in [2.75, 3.05) is 19.6 Å². The number of nitrogens with zero attached hydrogens (tertiary/aromatic N) is 1. The molecule has 1 N–H and O–H groups in total. The van der Waals surface area contributed by atoms with E-state index in [4.69, 9.17) is 11.6 Å². The molecule has 1 aliphatic heterocycles. The standard InChI is InChI=1S/C14H17ClN2O2/c1-10-2-3-11(8-12(10)15)4-5-14(19)17-7-6-16-13(18)9-17/h2-3,8H,4-7,9H2,1H3,(H,16,18). The molecule has 0 saturated carbocycles. The lowest BCUT2D eigenvalue weighted by Gasteiger charge is -2.26. The van der Waals surface area contributed by atoms with Crippen molar-refractivity contribution in [3.05, 3.63) is 34.3 Å². The Kier molecular flexibility index (Phi) is 4.43. The van der Waals surface area contributed by atoms with Crippen LogP contribution in [-0.2, 0) is 16.0 Å². The Morgan fingerprint density at radius 2 is 2.26 bits per heavy atom. The van der Waals surface area contributed by atoms with E-state index in [9.17, 15) is 9.59 Å². The van der Waals surface area contributed by atoms with Gasteiger partial charge in [-0.3, -0.25) is 9.59 Å². The van der Waals surface area contributed by atoms with Gasteiger partial charge in [-0.25, -0.2) is 0 Å². The quantitative estimate of drug-likeness (QED) is 0.913. The van der Waals surface area contributed by atoms with Crippen molar-refractivity contribution in [2.45, 2.75) is 19.8 Å². The average Bonchev–Trinajstić information content (AvgIpc) is 2.40. The molecule has 1 fully saturated rings. The van der Waals surface area contributed by atoms with Gasteiger partial charge in [-0.15, -0.1) is 0 Å². The first-order valence-corrected chi connectivity index (χ1v) is 6.73. The van der Waals surface area contributed by atoms with Crippen LogP contribution in [0.2, 0.25) is 5.02 Å². The molecule has 4 nitrogen and oxygen atoms in total. The number of piperazine rings is 1. The molecule has 0 aromatic heterocycles. The third kappa shape index (κ3) is 3.70. The second-order valence-electron chi connectivity index (χ2n) is 4.75. The Morgan fingerprint density at radius 3 is 2.95 bits per heavy atom. The molecule has 0 atom stereocenters. The van der Waals surface area contributed by atoms with Crippen LogP contribution in [0.1, 0.15) is 17.5 Å². The second kappa shape index (κ2) is 6.06. The first-order valence-electron chi connectivity index (χ1n) is 6.36. The average molecular weight is 281 g/mol. The highest BCUT2D eigenvalue weighted by Crippen LogP contribution is 2.17. The summed E-state index contributed by atoms with van der Waals surface area (Å²) in [6.07, 6.45) is 1.06. The third-order valence-electron chi connectivity index (χ3n) is 3.25. The molecular weight excluding hydrogens is 264 g/mol. The summed E-state index contributed by atoms with van der Waals surface area (Å²) in [7, 11) is 0. The van der Waals surface area contributed by atoms with E-state index in [2.05, 4.69) is 5.32 Å². The van der Waals surface area contributed by atoms with Crippen molar-refractivity contribution in [3.8, 4) is 0 Å². The lowest BCUT2D eigenvalue weighted by Crippen LogP contribution is -2.50. The summed E-state index contributed by atoms with van der Waals surface area (Å²) in [4.78, 5) is 24.8. The Balaban J connectivity index is 1.89. The minimum Gasteiger partial charge on any atom is -0.353 e. The summed E-state index contributed by atoms with van der Waals surface area (Å²) >= 11 is 6.05. The van der Waals surface area contributed by atoms with Crippen molar-refractivity contribution >= 4 is 23.4 Å². The largest absolute Gasteiger partial charge is 0.353 e. The third-order valence-corrected chi connectivity index (χ3v) is 3.66. The second-order valence-corrected chi connectivity index (χ2v) is 5.16. The van der Waals surface area contributed by atoms with Gasteiger partial charge in [0.1, 0.15) is 0 Å². The lowest BCUT2D eigenvalue weighted by molar-refractivity contribution is -0.138. The molecule has 102 valence electrons. The number of nitrogens with one attached hydrogen (secondary N) is 1. The van der Waals surface area contributed by atoms with E-state index >= 15 is 0 Å². The Labute approximate surface area is 117 Å². The topological polar surface area (TPSA) is 49.4 Å². The number of aryl methyl sites for hydroxylation is 2. The highest BCUT2D eigenvalue weighted by molar-refractivity contribution is 6.31. The minimum absolute atomic E-state index is 0.0200. The van der Waals surface area contributed by atoms with E-state index in [0.29, 0.717) is 25.9 Å². The fourth-order valence-electron chi connectivity index (χ4n) is 2.05. The number of carbonyl (C=O) groups is 2. The molecule has 0 bridgehead atoms. The van der Waals surface area contributed by atoms with Crippen LogP contribution in [0.25, 0.3) is 0 Å². The number of amides is 2. The molecule has 0 spiro atoms. The van der Waals surface area contributed by atoms with Gasteiger partial charge in [0.2, 0.25) is 11.8 Å². The summed E-state index contributed by atoms with van der Waals surface area (Å²) in [5.74, 6) is -0.0653. The first-order chi connectivity index (χ1) is 9.06. The molecule has 0 radical (unpaired) electrons. The van der Waals surface area contributed by atoms with Crippen LogP contribution >= 0.6 is 11.6 Å². The van der Waals surface area contributed by atoms with Gasteiger partial charge in [0.15, 0.2) is 0 Å².